The molecular weight excluding hydrogens is 182 g/mol. The number of hydrogen-bond donors (Lipinski definition) is 0. The van der Waals surface area contributed by atoms with E-state index in [0.717, 1.165) is 6.54 Å². The van der Waals surface area contributed by atoms with E-state index in [2.05, 4.69) is 23.2 Å². The van der Waals surface area contributed by atoms with E-state index in [0.29, 0.717) is 0 Å². The van der Waals surface area contributed by atoms with Gasteiger partial charge in [-0.3, -0.25) is 4.99 Å². The molecule has 15 heavy (non-hydrogen) atoms. The van der Waals surface area contributed by atoms with Gasteiger partial charge in [-0.1, -0.05) is 50.3 Å². The Morgan fingerprint density at radius 1 is 1.20 bits per heavy atom. The van der Waals surface area contributed by atoms with Crippen molar-refractivity contribution in [2.45, 2.75) is 27.7 Å². The van der Waals surface area contributed by atoms with Gasteiger partial charge in [-0.2, -0.15) is 0 Å². The highest BCUT2D eigenvalue weighted by Crippen LogP contribution is 2.10. The van der Waals surface area contributed by atoms with Crippen LogP contribution in [-0.4, -0.2) is 12.8 Å². The summed E-state index contributed by atoms with van der Waals surface area (Å²) in [5.41, 5.74) is 2.41. The van der Waals surface area contributed by atoms with Crippen LogP contribution in [0.2, 0.25) is 0 Å². The molecule has 1 nitrogen and oxygen atoms in total. The molecule has 1 aromatic rings. The number of hydrogen-bond acceptors (Lipinski definition) is 1. The predicted octanol–water partition coefficient (Wildman–Crippen LogP) is 4.21. The van der Waals surface area contributed by atoms with Crippen LogP contribution in [0.15, 0.2) is 41.4 Å². The van der Waals surface area contributed by atoms with Crippen LogP contribution in [-0.2, 0) is 0 Å². The number of aliphatic imine (C=N–C) groups is 1. The fraction of sp³-hybridized carbons (Fsp3) is 0.357. The lowest BCUT2D eigenvalue weighted by Crippen LogP contribution is -1.85. The lowest BCUT2D eigenvalue weighted by atomic mass is 10.1. The van der Waals surface area contributed by atoms with Crippen molar-refractivity contribution in [2.75, 3.05) is 6.54 Å². The third-order valence-electron chi connectivity index (χ3n) is 1.83. The molecule has 0 atom stereocenters. The molecular formula is C14H21N. The van der Waals surface area contributed by atoms with Gasteiger partial charge in [0.05, 0.1) is 0 Å². The Labute approximate surface area is 93.6 Å². The summed E-state index contributed by atoms with van der Waals surface area (Å²) >= 11 is 0. The molecule has 0 radical (unpaired) electrons. The summed E-state index contributed by atoms with van der Waals surface area (Å²) in [5.74, 6) is 0. The zero-order chi connectivity index (χ0) is 11.5. The SMILES string of the molecule is C/C=C(\C=NCC)c1ccccc1.CC. The molecule has 0 spiro atoms. The molecule has 0 saturated carbocycles. The van der Waals surface area contributed by atoms with E-state index in [4.69, 9.17) is 0 Å². The molecule has 1 rings (SSSR count). The lowest BCUT2D eigenvalue weighted by molar-refractivity contribution is 1.14. The average Bonchev–Trinajstić information content (AvgIpc) is 2.34. The van der Waals surface area contributed by atoms with Gasteiger partial charge in [0.15, 0.2) is 0 Å². The van der Waals surface area contributed by atoms with Crippen molar-refractivity contribution in [1.82, 2.24) is 0 Å². The Bertz CT molecular complexity index is 296. The zero-order valence-electron chi connectivity index (χ0n) is 10.2. The zero-order valence-corrected chi connectivity index (χ0v) is 10.2. The minimum atomic E-state index is 0.837. The number of rotatable bonds is 3. The lowest BCUT2D eigenvalue weighted by Gasteiger charge is -1.99. The Morgan fingerprint density at radius 3 is 2.27 bits per heavy atom. The highest BCUT2D eigenvalue weighted by molar-refractivity contribution is 6.09. The topological polar surface area (TPSA) is 12.4 Å². The molecule has 0 fully saturated rings. The van der Waals surface area contributed by atoms with Gasteiger partial charge >= 0.3 is 0 Å². The molecule has 0 aliphatic rings. The molecule has 0 heterocycles. The van der Waals surface area contributed by atoms with Crippen molar-refractivity contribution >= 4 is 11.8 Å². The monoisotopic (exact) mass is 203 g/mol. The molecule has 0 aliphatic heterocycles. The molecule has 1 aromatic carbocycles. The van der Waals surface area contributed by atoms with E-state index in [-0.39, 0.29) is 0 Å². The van der Waals surface area contributed by atoms with Gasteiger partial charge in [-0.05, 0) is 25.0 Å². The summed E-state index contributed by atoms with van der Waals surface area (Å²) in [4.78, 5) is 4.23. The largest absolute Gasteiger partial charge is 0.293 e. The van der Waals surface area contributed by atoms with Crippen molar-refractivity contribution in [3.63, 3.8) is 0 Å². The summed E-state index contributed by atoms with van der Waals surface area (Å²) in [5, 5.41) is 0. The molecule has 0 N–H and O–H groups in total. The maximum absolute atomic E-state index is 4.23. The molecule has 0 saturated heterocycles. The normalized spacial score (nSPS) is 11.1. The minimum Gasteiger partial charge on any atom is -0.293 e. The Hall–Kier alpha value is -1.37. The summed E-state index contributed by atoms with van der Waals surface area (Å²) in [6, 6.07) is 10.3. The van der Waals surface area contributed by atoms with Gasteiger partial charge in [0.2, 0.25) is 0 Å². The van der Waals surface area contributed by atoms with Crippen LogP contribution in [0.4, 0.5) is 0 Å². The van der Waals surface area contributed by atoms with Crippen molar-refractivity contribution in [3.8, 4) is 0 Å². The molecule has 0 aromatic heterocycles. The van der Waals surface area contributed by atoms with Gasteiger partial charge < -0.3 is 0 Å². The van der Waals surface area contributed by atoms with Crippen LogP contribution >= 0.6 is 0 Å². The second-order valence-electron chi connectivity index (χ2n) is 2.74. The van der Waals surface area contributed by atoms with Crippen LogP contribution in [0, 0.1) is 0 Å². The third-order valence-corrected chi connectivity index (χ3v) is 1.83. The first-order valence-electron chi connectivity index (χ1n) is 5.60. The van der Waals surface area contributed by atoms with Crippen LogP contribution in [0.3, 0.4) is 0 Å². The quantitative estimate of drug-likeness (QED) is 0.653. The van der Waals surface area contributed by atoms with Gasteiger partial charge in [-0.25, -0.2) is 0 Å². The molecule has 0 bridgehead atoms. The molecule has 0 aliphatic carbocycles. The fourth-order valence-electron chi connectivity index (χ4n) is 1.14. The number of benzene rings is 1. The van der Waals surface area contributed by atoms with E-state index >= 15 is 0 Å². The van der Waals surface area contributed by atoms with Crippen LogP contribution in [0.25, 0.3) is 5.57 Å². The summed E-state index contributed by atoms with van der Waals surface area (Å²) < 4.78 is 0. The second-order valence-corrected chi connectivity index (χ2v) is 2.74. The highest BCUT2D eigenvalue weighted by Gasteiger charge is 1.93. The number of nitrogens with zero attached hydrogens (tertiary/aromatic N) is 1. The van der Waals surface area contributed by atoms with E-state index in [9.17, 15) is 0 Å². The van der Waals surface area contributed by atoms with Crippen LogP contribution in [0.1, 0.15) is 33.3 Å². The predicted molar refractivity (Wildman–Crippen MR) is 70.5 cm³/mol. The van der Waals surface area contributed by atoms with E-state index in [1.54, 1.807) is 0 Å². The molecule has 0 unspecified atom stereocenters. The van der Waals surface area contributed by atoms with Gasteiger partial charge in [0.1, 0.15) is 0 Å². The van der Waals surface area contributed by atoms with Crippen molar-refractivity contribution in [3.05, 3.63) is 42.0 Å². The van der Waals surface area contributed by atoms with Crippen LogP contribution in [0.5, 0.6) is 0 Å². The first-order valence-corrected chi connectivity index (χ1v) is 5.60. The second kappa shape index (κ2) is 9.20. The van der Waals surface area contributed by atoms with Crippen LogP contribution < -0.4 is 0 Å². The number of allylic oxidation sites excluding steroid dienone is 2. The van der Waals surface area contributed by atoms with Crippen molar-refractivity contribution < 1.29 is 0 Å². The molecule has 0 amide bonds. The minimum absolute atomic E-state index is 0.837. The molecule has 82 valence electrons. The third kappa shape index (κ3) is 5.16. The van der Waals surface area contributed by atoms with E-state index in [1.165, 1.54) is 11.1 Å². The van der Waals surface area contributed by atoms with Gasteiger partial charge in [0, 0.05) is 12.8 Å². The van der Waals surface area contributed by atoms with Crippen molar-refractivity contribution in [1.29, 1.82) is 0 Å². The first-order chi connectivity index (χ1) is 7.38. The van der Waals surface area contributed by atoms with Gasteiger partial charge in [0.25, 0.3) is 0 Å². The standard InChI is InChI=1S/C12H15N.C2H6/c1-3-11(10-13-4-2)12-8-6-5-7-9-12;1-2/h3,5-10H,4H2,1-2H3;1-2H3/b11-3+,13-10?;. The van der Waals surface area contributed by atoms with E-state index in [1.807, 2.05) is 52.1 Å². The molecule has 1 heteroatoms. The summed E-state index contributed by atoms with van der Waals surface area (Å²) in [6.45, 7) is 8.91. The maximum atomic E-state index is 4.23. The van der Waals surface area contributed by atoms with Gasteiger partial charge in [-0.15, -0.1) is 0 Å². The van der Waals surface area contributed by atoms with E-state index < -0.39 is 0 Å². The summed E-state index contributed by atoms with van der Waals surface area (Å²) in [6.07, 6.45) is 4.00. The summed E-state index contributed by atoms with van der Waals surface area (Å²) in [7, 11) is 0. The first kappa shape index (κ1) is 13.6. The average molecular weight is 203 g/mol. The Morgan fingerprint density at radius 2 is 1.80 bits per heavy atom. The maximum Gasteiger partial charge on any atom is 0.0361 e. The van der Waals surface area contributed by atoms with Crippen molar-refractivity contribution in [2.24, 2.45) is 4.99 Å². The highest BCUT2D eigenvalue weighted by atomic mass is 14.7. The fourth-order valence-corrected chi connectivity index (χ4v) is 1.14. The Kier molecular flexibility index (Phi) is 8.36. The smallest absolute Gasteiger partial charge is 0.0361 e. The Balaban J connectivity index is 0.000000921.